The minimum absolute atomic E-state index is 0.0236. The van der Waals surface area contributed by atoms with Gasteiger partial charge in [0.25, 0.3) is 0 Å². The smallest absolute Gasteiger partial charge is 0.367 e. The van der Waals surface area contributed by atoms with Crippen molar-refractivity contribution < 1.29 is 23.4 Å². The number of aliphatic hydroxyl groups is 2. The van der Waals surface area contributed by atoms with Crippen LogP contribution in [-0.2, 0) is 17.5 Å². The molecular formula is C17H23BF3N9O2. The summed E-state index contributed by atoms with van der Waals surface area (Å²) in [6, 6.07) is 1.37. The van der Waals surface area contributed by atoms with Gasteiger partial charge in [0.1, 0.15) is 17.2 Å². The highest BCUT2D eigenvalue weighted by Crippen LogP contribution is 2.36. The maximum Gasteiger partial charge on any atom is 0.421 e. The van der Waals surface area contributed by atoms with Gasteiger partial charge in [0.15, 0.2) is 0 Å². The molecule has 1 aliphatic carbocycles. The quantitative estimate of drug-likeness (QED) is 0.140. The average Bonchev–Trinajstić information content (AvgIpc) is 3.35. The van der Waals surface area contributed by atoms with Crippen molar-refractivity contribution in [3.63, 3.8) is 0 Å². The molecule has 32 heavy (non-hydrogen) atoms. The summed E-state index contributed by atoms with van der Waals surface area (Å²) in [7, 11) is 1.07. The maximum atomic E-state index is 13.3. The summed E-state index contributed by atoms with van der Waals surface area (Å²) in [5, 5.41) is 40.7. The van der Waals surface area contributed by atoms with Crippen LogP contribution >= 0.6 is 0 Å². The minimum atomic E-state index is -4.63. The highest BCUT2D eigenvalue weighted by atomic mass is 19.4. The van der Waals surface area contributed by atoms with Crippen molar-refractivity contribution in [3.8, 4) is 0 Å². The van der Waals surface area contributed by atoms with Gasteiger partial charge in [-0.25, -0.2) is 9.67 Å². The number of nitrogens with zero attached hydrogens (tertiary/aromatic N) is 5. The summed E-state index contributed by atoms with van der Waals surface area (Å²) in [6.45, 7) is 3.42. The summed E-state index contributed by atoms with van der Waals surface area (Å²) in [6.07, 6.45) is -0.290. The first-order chi connectivity index (χ1) is 14.8. The lowest BCUT2D eigenvalue weighted by Gasteiger charge is -2.22. The maximum absolute atomic E-state index is 13.3. The van der Waals surface area contributed by atoms with E-state index in [-0.39, 0.29) is 23.6 Å². The van der Waals surface area contributed by atoms with Crippen LogP contribution in [0.25, 0.3) is 0 Å². The molecule has 1 fully saturated rings. The van der Waals surface area contributed by atoms with E-state index in [0.717, 1.165) is 31.6 Å². The van der Waals surface area contributed by atoms with Gasteiger partial charge in [-0.15, -0.1) is 0 Å². The van der Waals surface area contributed by atoms with Crippen molar-refractivity contribution >= 4 is 37.9 Å². The lowest BCUT2D eigenvalue weighted by molar-refractivity contribution is -0.158. The van der Waals surface area contributed by atoms with Gasteiger partial charge in [-0.2, -0.15) is 28.4 Å². The first-order valence-corrected chi connectivity index (χ1v) is 9.64. The molecule has 0 amide bonds. The van der Waals surface area contributed by atoms with Gasteiger partial charge in [0.2, 0.25) is 19.6 Å². The Morgan fingerprint density at radius 2 is 2.00 bits per heavy atom. The fraction of sp³-hybridized carbons (Fsp3) is 0.471. The second-order valence-corrected chi connectivity index (χ2v) is 7.98. The Kier molecular flexibility index (Phi) is 6.15. The molecular weight excluding hydrogens is 430 g/mol. The number of rotatable bonds is 9. The fourth-order valence-electron chi connectivity index (χ4n) is 2.69. The van der Waals surface area contributed by atoms with Gasteiger partial charge in [-0.05, 0) is 26.7 Å². The normalized spacial score (nSPS) is 15.1. The number of hydrogen-bond acceptors (Lipinski definition) is 10. The molecule has 0 atom stereocenters. The second-order valence-electron chi connectivity index (χ2n) is 7.98. The number of aromatic nitrogens is 4. The largest absolute Gasteiger partial charge is 0.421 e. The van der Waals surface area contributed by atoms with E-state index in [4.69, 9.17) is 5.41 Å². The third-order valence-electron chi connectivity index (χ3n) is 4.50. The van der Waals surface area contributed by atoms with Gasteiger partial charge in [-0.3, -0.25) is 5.43 Å². The van der Waals surface area contributed by atoms with E-state index in [1.807, 2.05) is 0 Å². The molecule has 0 saturated heterocycles. The third-order valence-corrected chi connectivity index (χ3v) is 4.50. The number of halogens is 3. The standard InChI is InChI=1S/C17H23BF3N9O2/c1-15(2,29-24-6-5-22)11-7-12(30(28-11)17(18,31)32)26-14-23-8-10(16(19,20)21)13(27-14)25-9-3-4-9/h5-9,22,29,31-32H,3-4,18H2,1-2H3,(H2,23,25,26,27)/b22-5?,24-6-. The van der Waals surface area contributed by atoms with Gasteiger partial charge in [0, 0.05) is 24.5 Å². The first kappa shape index (κ1) is 23.5. The van der Waals surface area contributed by atoms with E-state index in [0.29, 0.717) is 11.9 Å². The zero-order chi connectivity index (χ0) is 23.7. The Morgan fingerprint density at radius 1 is 1.31 bits per heavy atom. The zero-order valence-corrected chi connectivity index (χ0v) is 17.6. The number of nitrogens with one attached hydrogen (secondary N) is 4. The van der Waals surface area contributed by atoms with Gasteiger partial charge in [0.05, 0.1) is 17.4 Å². The van der Waals surface area contributed by atoms with E-state index in [1.54, 1.807) is 13.8 Å². The molecule has 0 unspecified atom stereocenters. The van der Waals surface area contributed by atoms with Crippen molar-refractivity contribution in [2.45, 2.75) is 50.3 Å². The van der Waals surface area contributed by atoms with Gasteiger partial charge < -0.3 is 26.3 Å². The van der Waals surface area contributed by atoms with Gasteiger partial charge >= 0.3 is 6.18 Å². The molecule has 3 rings (SSSR count). The number of anilines is 3. The molecule has 2 aromatic rings. The Labute approximate surface area is 182 Å². The van der Waals surface area contributed by atoms with Crippen LogP contribution in [0.15, 0.2) is 17.4 Å². The Bertz CT molecular complexity index is 1010. The molecule has 1 aliphatic rings. The van der Waals surface area contributed by atoms with Crippen LogP contribution in [0.2, 0.25) is 0 Å². The fourth-order valence-corrected chi connectivity index (χ4v) is 2.69. The van der Waals surface area contributed by atoms with Crippen LogP contribution in [0.1, 0.15) is 37.9 Å². The Hall–Kier alpha value is -3.20. The molecule has 0 aromatic carbocycles. The van der Waals surface area contributed by atoms with Crippen molar-refractivity contribution in [2.24, 2.45) is 5.10 Å². The van der Waals surface area contributed by atoms with E-state index in [2.05, 4.69) is 36.2 Å². The summed E-state index contributed by atoms with van der Waals surface area (Å²) in [5.41, 5.74) is 1.21. The molecule has 0 spiro atoms. The zero-order valence-electron chi connectivity index (χ0n) is 17.6. The highest BCUT2D eigenvalue weighted by molar-refractivity contribution is 6.14. The Morgan fingerprint density at radius 3 is 2.56 bits per heavy atom. The summed E-state index contributed by atoms with van der Waals surface area (Å²) >= 11 is 0. The van der Waals surface area contributed by atoms with E-state index in [9.17, 15) is 23.4 Å². The number of hydrazone groups is 1. The van der Waals surface area contributed by atoms with Crippen LogP contribution in [-0.4, -0.2) is 56.3 Å². The van der Waals surface area contributed by atoms with Crippen LogP contribution < -0.4 is 16.1 Å². The van der Waals surface area contributed by atoms with Crippen LogP contribution in [0.4, 0.5) is 30.8 Å². The molecule has 0 bridgehead atoms. The van der Waals surface area contributed by atoms with E-state index in [1.165, 1.54) is 12.3 Å². The molecule has 6 N–H and O–H groups in total. The molecule has 15 heteroatoms. The number of alkyl halides is 3. The summed E-state index contributed by atoms with van der Waals surface area (Å²) in [4.78, 5) is 7.68. The summed E-state index contributed by atoms with van der Waals surface area (Å²) < 4.78 is 40.8. The second kappa shape index (κ2) is 8.39. The molecule has 172 valence electrons. The molecule has 2 aromatic heterocycles. The van der Waals surface area contributed by atoms with E-state index >= 15 is 0 Å². The number of hydrogen-bond donors (Lipinski definition) is 6. The molecule has 11 nitrogen and oxygen atoms in total. The van der Waals surface area contributed by atoms with Crippen molar-refractivity contribution in [1.82, 2.24) is 25.2 Å². The van der Waals surface area contributed by atoms with Crippen molar-refractivity contribution in [1.29, 1.82) is 5.41 Å². The van der Waals surface area contributed by atoms with Crippen molar-refractivity contribution in [2.75, 3.05) is 10.6 Å². The monoisotopic (exact) mass is 453 g/mol. The third kappa shape index (κ3) is 5.53. The lowest BCUT2D eigenvalue weighted by Crippen LogP contribution is -2.37. The van der Waals surface area contributed by atoms with Crippen molar-refractivity contribution in [3.05, 3.63) is 23.5 Å². The first-order valence-electron chi connectivity index (χ1n) is 9.64. The van der Waals surface area contributed by atoms with Crippen LogP contribution in [0, 0.1) is 5.41 Å². The van der Waals surface area contributed by atoms with Gasteiger partial charge in [-0.1, -0.05) is 0 Å². The predicted molar refractivity (Wildman–Crippen MR) is 114 cm³/mol. The molecule has 0 aliphatic heterocycles. The molecule has 0 radical (unpaired) electrons. The lowest BCUT2D eigenvalue weighted by atomic mass is 10.0. The summed E-state index contributed by atoms with van der Waals surface area (Å²) in [5.74, 6) is -2.96. The SMILES string of the molecule is BC(O)(O)n1nc(C(C)(C)N/N=C\C=N)cc1Nc1ncc(C(F)(F)F)c(NC2CC2)n1. The molecule has 1 saturated carbocycles. The van der Waals surface area contributed by atoms with E-state index < -0.39 is 23.1 Å². The topological polar surface area (TPSA) is 156 Å². The van der Waals surface area contributed by atoms with Crippen LogP contribution in [0.3, 0.4) is 0 Å². The highest BCUT2D eigenvalue weighted by Gasteiger charge is 2.37. The van der Waals surface area contributed by atoms with Crippen LogP contribution in [0.5, 0.6) is 0 Å². The predicted octanol–water partition coefficient (Wildman–Crippen LogP) is 0.655. The Balaban J connectivity index is 1.96. The molecule has 2 heterocycles. The average molecular weight is 453 g/mol. The minimum Gasteiger partial charge on any atom is -0.367 e.